The molecule has 0 saturated heterocycles. The SMILES string of the molecule is CC1=CCC2(CCC(C)C2)C1. The summed E-state index contributed by atoms with van der Waals surface area (Å²) >= 11 is 0. The average Bonchev–Trinajstić information content (AvgIpc) is 2.44. The van der Waals surface area contributed by atoms with Crippen LogP contribution in [0.1, 0.15) is 46.0 Å². The Kier molecular flexibility index (Phi) is 1.59. The van der Waals surface area contributed by atoms with Gasteiger partial charge in [0.15, 0.2) is 0 Å². The van der Waals surface area contributed by atoms with Crippen LogP contribution in [0, 0.1) is 11.3 Å². The molecule has 1 spiro atoms. The minimum Gasteiger partial charge on any atom is -0.0850 e. The first kappa shape index (κ1) is 7.39. The van der Waals surface area contributed by atoms with Crippen molar-refractivity contribution in [3.8, 4) is 0 Å². The summed E-state index contributed by atoms with van der Waals surface area (Å²) < 4.78 is 0. The van der Waals surface area contributed by atoms with Crippen LogP contribution in [0.2, 0.25) is 0 Å². The monoisotopic (exact) mass is 150 g/mol. The highest BCUT2D eigenvalue weighted by Crippen LogP contribution is 2.51. The van der Waals surface area contributed by atoms with Crippen molar-refractivity contribution in [2.45, 2.75) is 46.0 Å². The topological polar surface area (TPSA) is 0 Å². The predicted molar refractivity (Wildman–Crippen MR) is 48.4 cm³/mol. The van der Waals surface area contributed by atoms with E-state index in [1.54, 1.807) is 5.57 Å². The van der Waals surface area contributed by atoms with E-state index in [1.807, 2.05) is 0 Å². The van der Waals surface area contributed by atoms with E-state index in [9.17, 15) is 0 Å². The van der Waals surface area contributed by atoms with Gasteiger partial charge in [-0.1, -0.05) is 25.0 Å². The second-order valence-electron chi connectivity index (χ2n) is 4.78. The summed E-state index contributed by atoms with van der Waals surface area (Å²) in [6.07, 6.45) is 9.68. The molecule has 1 saturated carbocycles. The molecule has 11 heavy (non-hydrogen) atoms. The van der Waals surface area contributed by atoms with Crippen LogP contribution in [0.25, 0.3) is 0 Å². The minimum absolute atomic E-state index is 0.740. The van der Waals surface area contributed by atoms with Crippen LogP contribution >= 0.6 is 0 Å². The lowest BCUT2D eigenvalue weighted by atomic mass is 9.82. The lowest BCUT2D eigenvalue weighted by Crippen LogP contribution is -2.11. The highest BCUT2D eigenvalue weighted by Gasteiger charge is 2.38. The summed E-state index contributed by atoms with van der Waals surface area (Å²) in [5, 5.41) is 0. The van der Waals surface area contributed by atoms with Gasteiger partial charge in [0.2, 0.25) is 0 Å². The third-order valence-electron chi connectivity index (χ3n) is 3.49. The zero-order valence-electron chi connectivity index (χ0n) is 7.69. The molecule has 0 N–H and O–H groups in total. The quantitative estimate of drug-likeness (QED) is 0.463. The van der Waals surface area contributed by atoms with Crippen LogP contribution in [0.5, 0.6) is 0 Å². The van der Waals surface area contributed by atoms with Gasteiger partial charge in [-0.2, -0.15) is 0 Å². The third-order valence-corrected chi connectivity index (χ3v) is 3.49. The van der Waals surface area contributed by atoms with Crippen molar-refractivity contribution in [2.24, 2.45) is 11.3 Å². The van der Waals surface area contributed by atoms with Crippen molar-refractivity contribution < 1.29 is 0 Å². The summed E-state index contributed by atoms with van der Waals surface area (Å²) in [5.41, 5.74) is 2.38. The van der Waals surface area contributed by atoms with E-state index < -0.39 is 0 Å². The van der Waals surface area contributed by atoms with Crippen LogP contribution in [0.3, 0.4) is 0 Å². The molecule has 2 rings (SSSR count). The summed E-state index contributed by atoms with van der Waals surface area (Å²) in [4.78, 5) is 0. The molecule has 2 atom stereocenters. The molecular weight excluding hydrogens is 132 g/mol. The molecule has 0 heteroatoms. The molecule has 0 heterocycles. The first-order chi connectivity index (χ1) is 5.20. The van der Waals surface area contributed by atoms with Gasteiger partial charge in [-0.15, -0.1) is 0 Å². The van der Waals surface area contributed by atoms with Crippen LogP contribution in [0.4, 0.5) is 0 Å². The van der Waals surface area contributed by atoms with Crippen molar-refractivity contribution in [3.05, 3.63) is 11.6 Å². The molecular formula is C11H18. The van der Waals surface area contributed by atoms with Gasteiger partial charge >= 0.3 is 0 Å². The van der Waals surface area contributed by atoms with Crippen LogP contribution in [-0.4, -0.2) is 0 Å². The van der Waals surface area contributed by atoms with E-state index >= 15 is 0 Å². The average molecular weight is 150 g/mol. The van der Waals surface area contributed by atoms with Crippen LogP contribution in [0.15, 0.2) is 11.6 Å². The molecule has 2 aliphatic rings. The fourth-order valence-electron chi connectivity index (χ4n) is 2.97. The van der Waals surface area contributed by atoms with E-state index in [0.717, 1.165) is 11.3 Å². The van der Waals surface area contributed by atoms with Gasteiger partial charge in [0.1, 0.15) is 0 Å². The Hall–Kier alpha value is -0.260. The maximum atomic E-state index is 2.46. The molecule has 0 amide bonds. The largest absolute Gasteiger partial charge is 0.0850 e. The lowest BCUT2D eigenvalue weighted by molar-refractivity contribution is 0.307. The molecule has 1 fully saturated rings. The molecule has 0 aromatic rings. The van der Waals surface area contributed by atoms with E-state index in [1.165, 1.54) is 32.1 Å². The summed E-state index contributed by atoms with van der Waals surface area (Å²) in [6.45, 7) is 4.69. The van der Waals surface area contributed by atoms with Gasteiger partial charge in [-0.3, -0.25) is 0 Å². The third kappa shape index (κ3) is 1.23. The Morgan fingerprint density at radius 1 is 1.55 bits per heavy atom. The van der Waals surface area contributed by atoms with Crippen molar-refractivity contribution in [1.82, 2.24) is 0 Å². The fourth-order valence-corrected chi connectivity index (χ4v) is 2.97. The van der Waals surface area contributed by atoms with Gasteiger partial charge in [0.05, 0.1) is 0 Å². The molecule has 0 aromatic heterocycles. The first-order valence-electron chi connectivity index (χ1n) is 4.86. The highest BCUT2D eigenvalue weighted by atomic mass is 14.4. The summed E-state index contributed by atoms with van der Waals surface area (Å²) in [7, 11) is 0. The Morgan fingerprint density at radius 2 is 2.36 bits per heavy atom. The number of hydrogen-bond acceptors (Lipinski definition) is 0. The van der Waals surface area contributed by atoms with Crippen molar-refractivity contribution in [3.63, 3.8) is 0 Å². The fraction of sp³-hybridized carbons (Fsp3) is 0.818. The summed E-state index contributed by atoms with van der Waals surface area (Å²) in [6, 6.07) is 0. The zero-order valence-corrected chi connectivity index (χ0v) is 7.69. The lowest BCUT2D eigenvalue weighted by Gasteiger charge is -2.22. The number of hydrogen-bond donors (Lipinski definition) is 0. The smallest absolute Gasteiger partial charge is 0.0223 e. The standard InChI is InChI=1S/C11H18/c1-9-3-5-11(7-9)6-4-10(2)8-11/h3,10H,4-8H2,1-2H3. The highest BCUT2D eigenvalue weighted by molar-refractivity contribution is 5.14. The second kappa shape index (κ2) is 2.36. The van der Waals surface area contributed by atoms with E-state index in [0.29, 0.717) is 0 Å². The maximum absolute atomic E-state index is 2.46. The molecule has 2 aliphatic carbocycles. The van der Waals surface area contributed by atoms with Crippen LogP contribution in [-0.2, 0) is 0 Å². The molecule has 2 unspecified atom stereocenters. The summed E-state index contributed by atoms with van der Waals surface area (Å²) in [5.74, 6) is 0.995. The number of allylic oxidation sites excluding steroid dienone is 2. The zero-order chi connectivity index (χ0) is 7.90. The van der Waals surface area contributed by atoms with Gasteiger partial charge < -0.3 is 0 Å². The van der Waals surface area contributed by atoms with Gasteiger partial charge in [0.25, 0.3) is 0 Å². The molecule has 0 aromatic carbocycles. The van der Waals surface area contributed by atoms with E-state index in [-0.39, 0.29) is 0 Å². The first-order valence-corrected chi connectivity index (χ1v) is 4.86. The molecule has 0 aliphatic heterocycles. The van der Waals surface area contributed by atoms with Crippen molar-refractivity contribution in [1.29, 1.82) is 0 Å². The molecule has 0 nitrogen and oxygen atoms in total. The minimum atomic E-state index is 0.740. The number of rotatable bonds is 0. The van der Waals surface area contributed by atoms with Gasteiger partial charge in [-0.25, -0.2) is 0 Å². The van der Waals surface area contributed by atoms with Gasteiger partial charge in [-0.05, 0) is 43.9 Å². The predicted octanol–water partition coefficient (Wildman–Crippen LogP) is 3.53. The Morgan fingerprint density at radius 3 is 2.82 bits per heavy atom. The normalized spacial score (nSPS) is 43.5. The van der Waals surface area contributed by atoms with Crippen molar-refractivity contribution in [2.75, 3.05) is 0 Å². The van der Waals surface area contributed by atoms with Crippen molar-refractivity contribution >= 4 is 0 Å². The van der Waals surface area contributed by atoms with Crippen LogP contribution < -0.4 is 0 Å². The Labute approximate surface area is 69.7 Å². The van der Waals surface area contributed by atoms with Gasteiger partial charge in [0, 0.05) is 0 Å². The molecule has 0 radical (unpaired) electrons. The second-order valence-corrected chi connectivity index (χ2v) is 4.78. The molecule has 0 bridgehead atoms. The van der Waals surface area contributed by atoms with E-state index in [2.05, 4.69) is 19.9 Å². The Bertz CT molecular complexity index is 190. The maximum Gasteiger partial charge on any atom is -0.0223 e. The molecule has 62 valence electrons. The van der Waals surface area contributed by atoms with E-state index in [4.69, 9.17) is 0 Å². The Balaban J connectivity index is 2.05.